The molecule has 0 radical (unpaired) electrons. The Kier molecular flexibility index (Phi) is 4.35. The molecule has 6 nitrogen and oxygen atoms in total. The van der Waals surface area contributed by atoms with E-state index in [9.17, 15) is 0 Å². The van der Waals surface area contributed by atoms with Crippen molar-refractivity contribution in [3.8, 4) is 12.1 Å². The summed E-state index contributed by atoms with van der Waals surface area (Å²) in [6.07, 6.45) is 4.23. The summed E-state index contributed by atoms with van der Waals surface area (Å²) in [6, 6.07) is 11.6. The first-order valence-corrected chi connectivity index (χ1v) is 7.52. The monoisotopic (exact) mass is 304 g/mol. The average molecular weight is 304 g/mol. The van der Waals surface area contributed by atoms with E-state index in [1.165, 1.54) is 0 Å². The molecule has 1 fully saturated rings. The highest BCUT2D eigenvalue weighted by atomic mass is 15.3. The molecule has 3 heterocycles. The smallest absolute Gasteiger partial charge is 0.128 e. The lowest BCUT2D eigenvalue weighted by molar-refractivity contribution is 0.794. The van der Waals surface area contributed by atoms with E-state index in [1.807, 2.05) is 12.1 Å². The van der Waals surface area contributed by atoms with Crippen LogP contribution < -0.4 is 9.80 Å². The van der Waals surface area contributed by atoms with E-state index >= 15 is 0 Å². The summed E-state index contributed by atoms with van der Waals surface area (Å²) in [6.45, 7) is 3.54. The van der Waals surface area contributed by atoms with Crippen molar-refractivity contribution < 1.29 is 0 Å². The predicted octanol–water partition coefficient (Wildman–Crippen LogP) is 1.94. The SMILES string of the molecule is N#Cc1ccc(N2CCCN(c3ccc(C#N)cn3)CC2)nc1. The van der Waals surface area contributed by atoms with Gasteiger partial charge in [-0.2, -0.15) is 10.5 Å². The fraction of sp³-hybridized carbons (Fsp3) is 0.294. The van der Waals surface area contributed by atoms with E-state index in [0.717, 1.165) is 44.2 Å². The largest absolute Gasteiger partial charge is 0.355 e. The highest BCUT2D eigenvalue weighted by Crippen LogP contribution is 2.17. The van der Waals surface area contributed by atoms with Crippen molar-refractivity contribution in [2.75, 3.05) is 36.0 Å². The number of pyridine rings is 2. The number of hydrogen-bond donors (Lipinski definition) is 0. The van der Waals surface area contributed by atoms with Crippen LogP contribution in [0, 0.1) is 22.7 Å². The Labute approximate surface area is 135 Å². The van der Waals surface area contributed by atoms with Gasteiger partial charge in [-0.05, 0) is 30.7 Å². The normalized spacial score (nSPS) is 14.7. The molecule has 2 aromatic rings. The molecule has 3 rings (SSSR count). The summed E-state index contributed by atoms with van der Waals surface area (Å²) < 4.78 is 0. The average Bonchev–Trinajstić information content (AvgIpc) is 2.88. The second-order valence-corrected chi connectivity index (χ2v) is 5.36. The number of nitriles is 2. The molecule has 0 aliphatic carbocycles. The van der Waals surface area contributed by atoms with Gasteiger partial charge in [-0.15, -0.1) is 0 Å². The molecule has 2 aromatic heterocycles. The van der Waals surface area contributed by atoms with E-state index in [4.69, 9.17) is 10.5 Å². The summed E-state index contributed by atoms with van der Waals surface area (Å²) in [5.74, 6) is 1.80. The summed E-state index contributed by atoms with van der Waals surface area (Å²) in [5, 5.41) is 17.7. The molecular formula is C17H16N6. The van der Waals surface area contributed by atoms with Gasteiger partial charge in [0.2, 0.25) is 0 Å². The molecular weight excluding hydrogens is 288 g/mol. The van der Waals surface area contributed by atoms with Crippen molar-refractivity contribution in [3.05, 3.63) is 47.8 Å². The molecule has 0 unspecified atom stereocenters. The number of aromatic nitrogens is 2. The Hall–Kier alpha value is -3.12. The fourth-order valence-corrected chi connectivity index (χ4v) is 2.65. The Morgan fingerprint density at radius 2 is 1.22 bits per heavy atom. The first-order valence-electron chi connectivity index (χ1n) is 7.52. The van der Waals surface area contributed by atoms with Crippen molar-refractivity contribution in [1.29, 1.82) is 10.5 Å². The van der Waals surface area contributed by atoms with Crippen LogP contribution in [0.25, 0.3) is 0 Å². The molecule has 0 amide bonds. The van der Waals surface area contributed by atoms with Crippen LogP contribution in [0.2, 0.25) is 0 Å². The maximum Gasteiger partial charge on any atom is 0.128 e. The minimum Gasteiger partial charge on any atom is -0.355 e. The van der Waals surface area contributed by atoms with E-state index in [2.05, 4.69) is 31.9 Å². The minimum atomic E-state index is 0.576. The van der Waals surface area contributed by atoms with Crippen molar-refractivity contribution in [2.24, 2.45) is 0 Å². The zero-order chi connectivity index (χ0) is 16.1. The van der Waals surface area contributed by atoms with Gasteiger partial charge in [0, 0.05) is 38.6 Å². The Bertz CT molecular complexity index is 673. The Balaban J connectivity index is 1.68. The summed E-state index contributed by atoms with van der Waals surface area (Å²) in [4.78, 5) is 13.2. The summed E-state index contributed by atoms with van der Waals surface area (Å²) >= 11 is 0. The van der Waals surface area contributed by atoms with E-state index < -0.39 is 0 Å². The van der Waals surface area contributed by atoms with E-state index in [0.29, 0.717) is 11.1 Å². The number of rotatable bonds is 2. The van der Waals surface area contributed by atoms with Gasteiger partial charge in [-0.1, -0.05) is 0 Å². The lowest BCUT2D eigenvalue weighted by Crippen LogP contribution is -2.31. The van der Waals surface area contributed by atoms with Crippen LogP contribution in [0.5, 0.6) is 0 Å². The van der Waals surface area contributed by atoms with Crippen LogP contribution in [-0.2, 0) is 0 Å². The van der Waals surface area contributed by atoms with Crippen LogP contribution in [0.4, 0.5) is 11.6 Å². The lowest BCUT2D eigenvalue weighted by Gasteiger charge is -2.23. The number of hydrogen-bond acceptors (Lipinski definition) is 6. The Morgan fingerprint density at radius 1 is 0.739 bits per heavy atom. The second kappa shape index (κ2) is 6.76. The topological polar surface area (TPSA) is 79.8 Å². The highest BCUT2D eigenvalue weighted by molar-refractivity contribution is 5.45. The molecule has 23 heavy (non-hydrogen) atoms. The highest BCUT2D eigenvalue weighted by Gasteiger charge is 2.17. The molecule has 0 bridgehead atoms. The fourth-order valence-electron chi connectivity index (χ4n) is 2.65. The molecule has 1 saturated heterocycles. The van der Waals surface area contributed by atoms with Gasteiger partial charge >= 0.3 is 0 Å². The molecule has 0 N–H and O–H groups in total. The summed E-state index contributed by atoms with van der Waals surface area (Å²) in [7, 11) is 0. The minimum absolute atomic E-state index is 0.576. The number of nitrogens with zero attached hydrogens (tertiary/aromatic N) is 6. The second-order valence-electron chi connectivity index (χ2n) is 5.36. The van der Waals surface area contributed by atoms with E-state index in [-0.39, 0.29) is 0 Å². The first-order chi connectivity index (χ1) is 11.3. The van der Waals surface area contributed by atoms with Gasteiger partial charge in [-0.25, -0.2) is 9.97 Å². The van der Waals surface area contributed by atoms with Gasteiger partial charge in [0.1, 0.15) is 23.8 Å². The van der Waals surface area contributed by atoms with Gasteiger partial charge in [0.25, 0.3) is 0 Å². The first kappa shape index (κ1) is 14.8. The van der Waals surface area contributed by atoms with Crippen LogP contribution >= 0.6 is 0 Å². The molecule has 0 spiro atoms. The van der Waals surface area contributed by atoms with Crippen LogP contribution in [0.1, 0.15) is 17.5 Å². The number of anilines is 2. The third-order valence-corrected chi connectivity index (χ3v) is 3.90. The van der Waals surface area contributed by atoms with E-state index in [1.54, 1.807) is 24.5 Å². The third-order valence-electron chi connectivity index (χ3n) is 3.90. The van der Waals surface area contributed by atoms with Gasteiger partial charge in [-0.3, -0.25) is 0 Å². The van der Waals surface area contributed by atoms with Crippen LogP contribution in [0.15, 0.2) is 36.7 Å². The quantitative estimate of drug-likeness (QED) is 0.843. The molecule has 114 valence electrons. The Morgan fingerprint density at radius 3 is 1.57 bits per heavy atom. The van der Waals surface area contributed by atoms with Gasteiger partial charge in [0.15, 0.2) is 0 Å². The van der Waals surface area contributed by atoms with Gasteiger partial charge in [0.05, 0.1) is 11.1 Å². The maximum atomic E-state index is 8.84. The van der Waals surface area contributed by atoms with Crippen LogP contribution in [0.3, 0.4) is 0 Å². The molecule has 0 saturated carbocycles. The molecule has 0 aromatic carbocycles. The molecule has 6 heteroatoms. The van der Waals surface area contributed by atoms with Crippen LogP contribution in [-0.4, -0.2) is 36.1 Å². The van der Waals surface area contributed by atoms with Crippen molar-refractivity contribution >= 4 is 11.6 Å². The lowest BCUT2D eigenvalue weighted by atomic mass is 10.3. The summed E-state index contributed by atoms with van der Waals surface area (Å²) in [5.41, 5.74) is 1.15. The zero-order valence-corrected chi connectivity index (χ0v) is 12.7. The standard InChI is InChI=1S/C17H16N6/c18-10-14-2-4-16(20-12-14)22-6-1-7-23(9-8-22)17-5-3-15(11-19)13-21-17/h2-5,12-13H,1,6-9H2. The van der Waals surface area contributed by atoms with Crippen molar-refractivity contribution in [3.63, 3.8) is 0 Å². The van der Waals surface area contributed by atoms with Crippen molar-refractivity contribution in [2.45, 2.75) is 6.42 Å². The molecule has 1 aliphatic heterocycles. The maximum absolute atomic E-state index is 8.84. The van der Waals surface area contributed by atoms with Crippen molar-refractivity contribution in [1.82, 2.24) is 9.97 Å². The third kappa shape index (κ3) is 3.38. The molecule has 0 atom stereocenters. The van der Waals surface area contributed by atoms with Gasteiger partial charge < -0.3 is 9.80 Å². The molecule has 1 aliphatic rings. The predicted molar refractivity (Wildman–Crippen MR) is 86.9 cm³/mol. The zero-order valence-electron chi connectivity index (χ0n) is 12.7.